The lowest BCUT2D eigenvalue weighted by Gasteiger charge is -2.32. The minimum atomic E-state index is -0.345. The Bertz CT molecular complexity index is 901. The summed E-state index contributed by atoms with van der Waals surface area (Å²) in [6.45, 7) is 10.2. The maximum absolute atomic E-state index is 6.14. The number of rotatable bonds is 1. The fourth-order valence-electron chi connectivity index (χ4n) is 2.88. The van der Waals surface area contributed by atoms with Crippen molar-refractivity contribution in [2.24, 2.45) is 0 Å². The Morgan fingerprint density at radius 3 is 2.35 bits per heavy atom. The van der Waals surface area contributed by atoms with Gasteiger partial charge >= 0.3 is 7.12 Å². The molecule has 1 aromatic carbocycles. The summed E-state index contributed by atoms with van der Waals surface area (Å²) in [7, 11) is -0.345. The van der Waals surface area contributed by atoms with Crippen LogP contribution in [0.2, 0.25) is 0 Å². The van der Waals surface area contributed by atoms with Crippen LogP contribution in [0.25, 0.3) is 16.4 Å². The highest BCUT2D eigenvalue weighted by Gasteiger charge is 2.51. The molecule has 0 amide bonds. The Kier molecular flexibility index (Phi) is 2.90. The Labute approximate surface area is 135 Å². The number of aromatic nitrogens is 3. The standard InChI is InChI=1S/C17H20BN3O2/c1-11-19-20-15-9-12-6-7-14(8-13(12)10-21(11)15)18-22-16(2,3)17(4,5)23-18/h6-10H,1-5H3. The lowest BCUT2D eigenvalue weighted by molar-refractivity contribution is 0.00578. The van der Waals surface area contributed by atoms with Gasteiger partial charge in [0.15, 0.2) is 5.65 Å². The molecule has 6 heteroatoms. The maximum atomic E-state index is 6.14. The third kappa shape index (κ3) is 2.16. The molecule has 3 heterocycles. The van der Waals surface area contributed by atoms with Crippen LogP contribution in [0.4, 0.5) is 0 Å². The van der Waals surface area contributed by atoms with E-state index in [1.54, 1.807) is 0 Å². The summed E-state index contributed by atoms with van der Waals surface area (Å²) in [5, 5.41) is 10.5. The van der Waals surface area contributed by atoms with Gasteiger partial charge in [0.2, 0.25) is 0 Å². The van der Waals surface area contributed by atoms with Crippen LogP contribution in [-0.2, 0) is 9.31 Å². The maximum Gasteiger partial charge on any atom is 0.494 e. The van der Waals surface area contributed by atoms with Gasteiger partial charge in [0.25, 0.3) is 0 Å². The van der Waals surface area contributed by atoms with E-state index in [1.807, 2.05) is 17.4 Å². The lowest BCUT2D eigenvalue weighted by Crippen LogP contribution is -2.41. The molecule has 0 aliphatic carbocycles. The van der Waals surface area contributed by atoms with Gasteiger partial charge in [-0.1, -0.05) is 18.2 Å². The predicted molar refractivity (Wildman–Crippen MR) is 90.9 cm³/mol. The molecular formula is C17H20BN3O2. The number of benzene rings is 1. The summed E-state index contributed by atoms with van der Waals surface area (Å²) in [6, 6.07) is 8.31. The third-order valence-corrected chi connectivity index (χ3v) is 5.08. The largest absolute Gasteiger partial charge is 0.494 e. The summed E-state index contributed by atoms with van der Waals surface area (Å²) in [4.78, 5) is 0. The van der Waals surface area contributed by atoms with Gasteiger partial charge in [-0.2, -0.15) is 0 Å². The zero-order valence-corrected chi connectivity index (χ0v) is 14.1. The van der Waals surface area contributed by atoms with E-state index in [0.717, 1.165) is 27.7 Å². The molecule has 1 aliphatic rings. The van der Waals surface area contributed by atoms with Crippen LogP contribution in [0.3, 0.4) is 0 Å². The van der Waals surface area contributed by atoms with E-state index in [9.17, 15) is 0 Å². The van der Waals surface area contributed by atoms with Crippen LogP contribution in [0.15, 0.2) is 30.5 Å². The normalized spacial score (nSPS) is 19.8. The molecule has 5 nitrogen and oxygen atoms in total. The topological polar surface area (TPSA) is 48.7 Å². The van der Waals surface area contributed by atoms with E-state index >= 15 is 0 Å². The molecule has 1 aliphatic heterocycles. The minimum Gasteiger partial charge on any atom is -0.399 e. The molecule has 3 aromatic rings. The second-order valence-electron chi connectivity index (χ2n) is 7.23. The van der Waals surface area contributed by atoms with Crippen LogP contribution < -0.4 is 5.46 Å². The lowest BCUT2D eigenvalue weighted by atomic mass is 9.78. The Morgan fingerprint density at radius 2 is 1.65 bits per heavy atom. The Balaban J connectivity index is 1.80. The van der Waals surface area contributed by atoms with Gasteiger partial charge in [-0.25, -0.2) is 0 Å². The van der Waals surface area contributed by atoms with Gasteiger partial charge in [-0.05, 0) is 56.9 Å². The number of hydrogen-bond donors (Lipinski definition) is 0. The van der Waals surface area contributed by atoms with E-state index < -0.39 is 0 Å². The molecule has 0 spiro atoms. The van der Waals surface area contributed by atoms with Crippen LogP contribution in [0.1, 0.15) is 33.5 Å². The van der Waals surface area contributed by atoms with E-state index in [1.165, 1.54) is 0 Å². The van der Waals surface area contributed by atoms with Crippen LogP contribution in [0, 0.1) is 6.92 Å². The molecule has 0 atom stereocenters. The first-order valence-electron chi connectivity index (χ1n) is 7.88. The Hall–Kier alpha value is -1.92. The van der Waals surface area contributed by atoms with Crippen LogP contribution in [-0.4, -0.2) is 32.9 Å². The van der Waals surface area contributed by atoms with Crippen molar-refractivity contribution in [3.8, 4) is 0 Å². The third-order valence-electron chi connectivity index (χ3n) is 5.08. The van der Waals surface area contributed by atoms with Crippen molar-refractivity contribution >= 4 is 29.0 Å². The van der Waals surface area contributed by atoms with Crippen molar-refractivity contribution in [1.82, 2.24) is 14.6 Å². The second-order valence-corrected chi connectivity index (χ2v) is 7.23. The summed E-state index contributed by atoms with van der Waals surface area (Å²) >= 11 is 0. The average Bonchev–Trinajstić information content (AvgIpc) is 2.94. The summed E-state index contributed by atoms with van der Waals surface area (Å²) in [6.07, 6.45) is 2.06. The molecule has 2 aromatic heterocycles. The molecular weight excluding hydrogens is 289 g/mol. The van der Waals surface area contributed by atoms with Crippen molar-refractivity contribution in [3.05, 3.63) is 36.3 Å². The zero-order chi connectivity index (χ0) is 16.4. The van der Waals surface area contributed by atoms with Crippen LogP contribution in [0.5, 0.6) is 0 Å². The highest BCUT2D eigenvalue weighted by molar-refractivity contribution is 6.62. The van der Waals surface area contributed by atoms with Crippen molar-refractivity contribution < 1.29 is 9.31 Å². The van der Waals surface area contributed by atoms with Gasteiger partial charge in [-0.15, -0.1) is 10.2 Å². The van der Waals surface area contributed by atoms with E-state index in [0.29, 0.717) is 0 Å². The SMILES string of the molecule is Cc1nnc2cc3ccc(B4OC(C)(C)C(C)(C)O4)cc3cn12. The zero-order valence-electron chi connectivity index (χ0n) is 14.1. The van der Waals surface area contributed by atoms with Gasteiger partial charge in [0.1, 0.15) is 5.82 Å². The number of aryl methyl sites for hydroxylation is 1. The number of nitrogens with zero attached hydrogens (tertiary/aromatic N) is 3. The number of hydrogen-bond acceptors (Lipinski definition) is 4. The number of pyridine rings is 1. The molecule has 0 N–H and O–H groups in total. The average molecular weight is 309 g/mol. The second kappa shape index (κ2) is 4.55. The molecule has 118 valence electrons. The summed E-state index contributed by atoms with van der Waals surface area (Å²) in [5.41, 5.74) is 1.22. The van der Waals surface area contributed by atoms with Gasteiger partial charge in [0, 0.05) is 6.20 Å². The van der Waals surface area contributed by atoms with Crippen molar-refractivity contribution in [1.29, 1.82) is 0 Å². The quantitative estimate of drug-likeness (QED) is 0.648. The molecule has 4 rings (SSSR count). The van der Waals surface area contributed by atoms with Gasteiger partial charge < -0.3 is 9.31 Å². The Morgan fingerprint density at radius 1 is 0.957 bits per heavy atom. The fourth-order valence-corrected chi connectivity index (χ4v) is 2.88. The molecule has 0 radical (unpaired) electrons. The molecule has 23 heavy (non-hydrogen) atoms. The highest BCUT2D eigenvalue weighted by Crippen LogP contribution is 2.36. The van der Waals surface area contributed by atoms with Crippen LogP contribution >= 0.6 is 0 Å². The first kappa shape index (κ1) is 14.7. The van der Waals surface area contributed by atoms with E-state index in [-0.39, 0.29) is 18.3 Å². The summed E-state index contributed by atoms with van der Waals surface area (Å²) < 4.78 is 14.3. The van der Waals surface area contributed by atoms with E-state index in [2.05, 4.69) is 62.3 Å². The highest BCUT2D eigenvalue weighted by atomic mass is 16.7. The predicted octanol–water partition coefficient (Wildman–Crippen LogP) is 2.49. The first-order valence-corrected chi connectivity index (χ1v) is 7.88. The van der Waals surface area contributed by atoms with Gasteiger partial charge in [-0.3, -0.25) is 4.40 Å². The molecule has 0 unspecified atom stereocenters. The molecule has 1 fully saturated rings. The fraction of sp³-hybridized carbons (Fsp3) is 0.412. The van der Waals surface area contributed by atoms with Crippen molar-refractivity contribution in [2.75, 3.05) is 0 Å². The molecule has 0 bridgehead atoms. The summed E-state index contributed by atoms with van der Waals surface area (Å²) in [5.74, 6) is 0.878. The monoisotopic (exact) mass is 309 g/mol. The molecule has 0 saturated carbocycles. The molecule has 1 saturated heterocycles. The number of fused-ring (bicyclic) bond motifs is 2. The van der Waals surface area contributed by atoms with Crippen molar-refractivity contribution in [3.63, 3.8) is 0 Å². The smallest absolute Gasteiger partial charge is 0.399 e. The minimum absolute atomic E-state index is 0.332. The van der Waals surface area contributed by atoms with Gasteiger partial charge in [0.05, 0.1) is 11.2 Å². The van der Waals surface area contributed by atoms with Crippen molar-refractivity contribution in [2.45, 2.75) is 45.8 Å². The van der Waals surface area contributed by atoms with E-state index in [4.69, 9.17) is 9.31 Å². The first-order chi connectivity index (χ1) is 10.8.